The third-order valence-electron chi connectivity index (χ3n) is 2.55. The Balaban J connectivity index is 2.28. The molecule has 0 saturated heterocycles. The lowest BCUT2D eigenvalue weighted by atomic mass is 10.1. The number of carbonyl (C=O) groups is 1. The van der Waals surface area contributed by atoms with Crippen LogP contribution in [0.25, 0.3) is 10.9 Å². The van der Waals surface area contributed by atoms with Crippen LogP contribution in [0.2, 0.25) is 0 Å². The number of nitrogens with zero attached hydrogens (tertiary/aromatic N) is 1. The van der Waals surface area contributed by atoms with Crippen LogP contribution >= 0.6 is 0 Å². The normalized spacial score (nSPS) is 10.2. The van der Waals surface area contributed by atoms with Gasteiger partial charge in [0.25, 0.3) is 0 Å². The highest BCUT2D eigenvalue weighted by molar-refractivity contribution is 5.81. The minimum absolute atomic E-state index is 0.0197. The second-order valence-electron chi connectivity index (χ2n) is 3.88. The molecule has 2 N–H and O–H groups in total. The number of fused-ring (bicyclic) bond motifs is 1. The summed E-state index contributed by atoms with van der Waals surface area (Å²) < 4.78 is 0. The van der Waals surface area contributed by atoms with E-state index in [4.69, 9.17) is 0 Å². The van der Waals surface area contributed by atoms with Crippen molar-refractivity contribution in [1.29, 1.82) is 0 Å². The van der Waals surface area contributed by atoms with Gasteiger partial charge in [-0.2, -0.15) is 0 Å². The molecule has 17 heavy (non-hydrogen) atoms. The quantitative estimate of drug-likeness (QED) is 0.845. The van der Waals surface area contributed by atoms with E-state index in [-0.39, 0.29) is 5.91 Å². The Kier molecular flexibility index (Phi) is 3.23. The first-order chi connectivity index (χ1) is 8.19. The van der Waals surface area contributed by atoms with Crippen molar-refractivity contribution in [1.82, 2.24) is 10.3 Å². The Morgan fingerprint density at radius 1 is 1.29 bits per heavy atom. The molecule has 1 aromatic carbocycles. The Bertz CT molecular complexity index is 551. The summed E-state index contributed by atoms with van der Waals surface area (Å²) >= 11 is 0. The van der Waals surface area contributed by atoms with Gasteiger partial charge in [-0.25, -0.2) is 4.98 Å². The van der Waals surface area contributed by atoms with E-state index < -0.39 is 0 Å². The molecule has 0 aliphatic carbocycles. The molecule has 88 valence electrons. The number of nitrogens with one attached hydrogen (secondary N) is 2. The van der Waals surface area contributed by atoms with Gasteiger partial charge in [-0.15, -0.1) is 0 Å². The number of benzene rings is 1. The lowest BCUT2D eigenvalue weighted by Crippen LogP contribution is -2.18. The minimum Gasteiger partial charge on any atom is -0.373 e. The Labute approximate surface area is 100 Å². The maximum Gasteiger partial charge on any atom is 0.217 e. The number of hydrogen-bond donors (Lipinski definition) is 2. The molecule has 1 heterocycles. The summed E-state index contributed by atoms with van der Waals surface area (Å²) in [5, 5.41) is 6.86. The van der Waals surface area contributed by atoms with Crippen molar-refractivity contribution in [2.24, 2.45) is 0 Å². The number of carbonyl (C=O) groups excluding carboxylic acids is 1. The summed E-state index contributed by atoms with van der Waals surface area (Å²) in [6, 6.07) is 9.94. The summed E-state index contributed by atoms with van der Waals surface area (Å²) in [7, 11) is 1.85. The number of hydrogen-bond acceptors (Lipinski definition) is 3. The van der Waals surface area contributed by atoms with E-state index in [1.165, 1.54) is 6.92 Å². The highest BCUT2D eigenvalue weighted by atomic mass is 16.1. The van der Waals surface area contributed by atoms with Gasteiger partial charge in [0, 0.05) is 25.9 Å². The van der Waals surface area contributed by atoms with E-state index in [2.05, 4.69) is 15.6 Å². The Morgan fingerprint density at radius 2 is 2.12 bits per heavy atom. The summed E-state index contributed by atoms with van der Waals surface area (Å²) in [5.74, 6) is 0.834. The molecule has 0 saturated carbocycles. The van der Waals surface area contributed by atoms with Crippen LogP contribution in [0.5, 0.6) is 0 Å². The SMILES string of the molecule is CNc1ccc2cc(CNC(C)=O)ccc2n1. The largest absolute Gasteiger partial charge is 0.373 e. The van der Waals surface area contributed by atoms with Gasteiger partial charge in [-0.1, -0.05) is 6.07 Å². The molecule has 0 aliphatic rings. The molecule has 1 aromatic heterocycles. The fraction of sp³-hybridized carbons (Fsp3) is 0.231. The molecule has 2 aromatic rings. The molecular weight excluding hydrogens is 214 g/mol. The zero-order chi connectivity index (χ0) is 12.3. The standard InChI is InChI=1S/C13H15N3O/c1-9(17)15-8-10-3-5-12-11(7-10)4-6-13(14-2)16-12/h3-7H,8H2,1-2H3,(H,14,16)(H,15,17). The van der Waals surface area contributed by atoms with Crippen molar-refractivity contribution in [2.45, 2.75) is 13.5 Å². The molecule has 0 radical (unpaired) electrons. The molecule has 0 spiro atoms. The van der Waals surface area contributed by atoms with Crippen LogP contribution in [0.1, 0.15) is 12.5 Å². The predicted octanol–water partition coefficient (Wildman–Crippen LogP) is 1.91. The van der Waals surface area contributed by atoms with Crippen LogP contribution in [0.3, 0.4) is 0 Å². The predicted molar refractivity (Wildman–Crippen MR) is 68.8 cm³/mol. The molecule has 0 fully saturated rings. The van der Waals surface area contributed by atoms with Gasteiger partial charge in [0.1, 0.15) is 5.82 Å². The van der Waals surface area contributed by atoms with Crippen molar-refractivity contribution >= 4 is 22.6 Å². The maximum atomic E-state index is 10.8. The average molecular weight is 229 g/mol. The number of rotatable bonds is 3. The summed E-state index contributed by atoms with van der Waals surface area (Å²) in [5.41, 5.74) is 2.02. The molecule has 1 amide bonds. The third-order valence-corrected chi connectivity index (χ3v) is 2.55. The van der Waals surface area contributed by atoms with Crippen LogP contribution in [0, 0.1) is 0 Å². The second-order valence-corrected chi connectivity index (χ2v) is 3.88. The number of aromatic nitrogens is 1. The smallest absolute Gasteiger partial charge is 0.217 e. The molecule has 0 unspecified atom stereocenters. The van der Waals surface area contributed by atoms with Gasteiger partial charge in [0.05, 0.1) is 5.52 Å². The molecular formula is C13H15N3O. The summed E-state index contributed by atoms with van der Waals surface area (Å²) in [6.45, 7) is 2.07. The van der Waals surface area contributed by atoms with E-state index in [0.717, 1.165) is 22.3 Å². The van der Waals surface area contributed by atoms with Gasteiger partial charge in [0.2, 0.25) is 5.91 Å². The molecule has 4 nitrogen and oxygen atoms in total. The third kappa shape index (κ3) is 2.72. The van der Waals surface area contributed by atoms with Crippen LogP contribution in [-0.2, 0) is 11.3 Å². The van der Waals surface area contributed by atoms with Crippen molar-refractivity contribution in [3.63, 3.8) is 0 Å². The molecule has 4 heteroatoms. The summed E-state index contributed by atoms with van der Waals surface area (Å²) in [4.78, 5) is 15.3. The fourth-order valence-electron chi connectivity index (χ4n) is 1.65. The molecule has 0 bridgehead atoms. The highest BCUT2D eigenvalue weighted by Gasteiger charge is 2.00. The Morgan fingerprint density at radius 3 is 2.82 bits per heavy atom. The van der Waals surface area contributed by atoms with Crippen molar-refractivity contribution in [3.05, 3.63) is 35.9 Å². The van der Waals surface area contributed by atoms with E-state index in [9.17, 15) is 4.79 Å². The van der Waals surface area contributed by atoms with Crippen LogP contribution in [-0.4, -0.2) is 17.9 Å². The first-order valence-electron chi connectivity index (χ1n) is 5.51. The molecule has 0 aliphatic heterocycles. The van der Waals surface area contributed by atoms with E-state index in [1.807, 2.05) is 37.4 Å². The lowest BCUT2D eigenvalue weighted by Gasteiger charge is -2.05. The molecule has 2 rings (SSSR count). The van der Waals surface area contributed by atoms with Gasteiger partial charge in [0.15, 0.2) is 0 Å². The zero-order valence-corrected chi connectivity index (χ0v) is 9.95. The van der Waals surface area contributed by atoms with Crippen LogP contribution < -0.4 is 10.6 Å². The van der Waals surface area contributed by atoms with E-state index >= 15 is 0 Å². The van der Waals surface area contributed by atoms with Crippen molar-refractivity contribution in [2.75, 3.05) is 12.4 Å². The topological polar surface area (TPSA) is 54.0 Å². The minimum atomic E-state index is -0.0197. The first-order valence-corrected chi connectivity index (χ1v) is 5.51. The van der Waals surface area contributed by atoms with Gasteiger partial charge in [-0.05, 0) is 29.8 Å². The van der Waals surface area contributed by atoms with Gasteiger partial charge in [-0.3, -0.25) is 4.79 Å². The second kappa shape index (κ2) is 4.82. The van der Waals surface area contributed by atoms with Gasteiger partial charge >= 0.3 is 0 Å². The summed E-state index contributed by atoms with van der Waals surface area (Å²) in [6.07, 6.45) is 0. The average Bonchev–Trinajstić information content (AvgIpc) is 2.35. The van der Waals surface area contributed by atoms with E-state index in [1.54, 1.807) is 0 Å². The fourth-order valence-corrected chi connectivity index (χ4v) is 1.65. The van der Waals surface area contributed by atoms with Crippen molar-refractivity contribution in [3.8, 4) is 0 Å². The maximum absolute atomic E-state index is 10.8. The number of amides is 1. The van der Waals surface area contributed by atoms with Crippen LogP contribution in [0.4, 0.5) is 5.82 Å². The Hall–Kier alpha value is -2.10. The van der Waals surface area contributed by atoms with Gasteiger partial charge < -0.3 is 10.6 Å². The molecule has 0 atom stereocenters. The van der Waals surface area contributed by atoms with E-state index in [0.29, 0.717) is 6.54 Å². The monoisotopic (exact) mass is 229 g/mol. The van der Waals surface area contributed by atoms with Crippen molar-refractivity contribution < 1.29 is 4.79 Å². The number of anilines is 1. The van der Waals surface area contributed by atoms with Crippen LogP contribution in [0.15, 0.2) is 30.3 Å². The first kappa shape index (κ1) is 11.4. The number of pyridine rings is 1. The highest BCUT2D eigenvalue weighted by Crippen LogP contribution is 2.16. The zero-order valence-electron chi connectivity index (χ0n) is 9.95. The lowest BCUT2D eigenvalue weighted by molar-refractivity contribution is -0.119.